The normalized spacial score (nSPS) is 15.1. The topological polar surface area (TPSA) is 46.2 Å². The second-order valence-electron chi connectivity index (χ2n) is 3.42. The molecule has 0 aliphatic carbocycles. The van der Waals surface area contributed by atoms with Crippen molar-refractivity contribution in [1.82, 2.24) is 0 Å². The quantitative estimate of drug-likeness (QED) is 0.749. The van der Waals surface area contributed by atoms with Gasteiger partial charge in [-0.25, -0.2) is 0 Å². The first kappa shape index (κ1) is 11.6. The highest BCUT2D eigenvalue weighted by Crippen LogP contribution is 2.25. The molecular weight excluding hydrogens is 194 g/mol. The van der Waals surface area contributed by atoms with Gasteiger partial charge >= 0.3 is 0 Å². The van der Waals surface area contributed by atoms with Gasteiger partial charge in [-0.3, -0.25) is 0 Å². The van der Waals surface area contributed by atoms with E-state index in [1.54, 1.807) is 11.8 Å². The third-order valence-corrected chi connectivity index (χ3v) is 3.43. The second-order valence-corrected chi connectivity index (χ2v) is 4.87. The van der Waals surface area contributed by atoms with E-state index in [9.17, 15) is 5.11 Å². The predicted octanol–water partition coefficient (Wildman–Crippen LogP) is 2.01. The number of benzene rings is 1. The standard InChI is InChI=1S/C11H17NOS/c1-8(13)9(2)14-11-5-3-4-10(6-11)7-12/h3-6,8-9,13H,7,12H2,1-2H3. The highest BCUT2D eigenvalue weighted by Gasteiger charge is 2.09. The minimum atomic E-state index is -0.290. The van der Waals surface area contributed by atoms with E-state index in [0.717, 1.165) is 5.56 Å². The Morgan fingerprint density at radius 3 is 2.71 bits per heavy atom. The van der Waals surface area contributed by atoms with Gasteiger partial charge in [-0.05, 0) is 24.6 Å². The van der Waals surface area contributed by atoms with Crippen molar-refractivity contribution in [1.29, 1.82) is 0 Å². The molecule has 0 spiro atoms. The van der Waals surface area contributed by atoms with Crippen molar-refractivity contribution in [2.45, 2.75) is 36.6 Å². The fraction of sp³-hybridized carbons (Fsp3) is 0.455. The molecule has 0 bridgehead atoms. The third-order valence-electron chi connectivity index (χ3n) is 2.14. The summed E-state index contributed by atoms with van der Waals surface area (Å²) in [5, 5.41) is 9.57. The van der Waals surface area contributed by atoms with Crippen LogP contribution in [0.4, 0.5) is 0 Å². The van der Waals surface area contributed by atoms with Gasteiger partial charge < -0.3 is 10.8 Å². The summed E-state index contributed by atoms with van der Waals surface area (Å²) in [6, 6.07) is 8.13. The summed E-state index contributed by atoms with van der Waals surface area (Å²) in [4.78, 5) is 1.17. The van der Waals surface area contributed by atoms with E-state index in [4.69, 9.17) is 5.73 Å². The van der Waals surface area contributed by atoms with Crippen molar-refractivity contribution in [3.05, 3.63) is 29.8 Å². The number of thioether (sulfide) groups is 1. The Balaban J connectivity index is 2.66. The third kappa shape index (κ3) is 3.33. The molecule has 0 aliphatic heterocycles. The average molecular weight is 211 g/mol. The Morgan fingerprint density at radius 1 is 1.43 bits per heavy atom. The zero-order chi connectivity index (χ0) is 10.6. The van der Waals surface area contributed by atoms with Crippen LogP contribution in [-0.4, -0.2) is 16.5 Å². The number of rotatable bonds is 4. The van der Waals surface area contributed by atoms with Crippen molar-refractivity contribution >= 4 is 11.8 Å². The van der Waals surface area contributed by atoms with E-state index in [1.807, 2.05) is 32.0 Å². The van der Waals surface area contributed by atoms with Gasteiger partial charge in [0.15, 0.2) is 0 Å². The van der Waals surface area contributed by atoms with Crippen LogP contribution < -0.4 is 5.73 Å². The van der Waals surface area contributed by atoms with Crippen molar-refractivity contribution in [2.24, 2.45) is 5.73 Å². The minimum Gasteiger partial charge on any atom is -0.392 e. The number of hydrogen-bond donors (Lipinski definition) is 2. The zero-order valence-electron chi connectivity index (χ0n) is 8.60. The van der Waals surface area contributed by atoms with E-state index in [1.165, 1.54) is 4.90 Å². The molecule has 2 unspecified atom stereocenters. The summed E-state index contributed by atoms with van der Waals surface area (Å²) in [6.07, 6.45) is -0.290. The first-order chi connectivity index (χ1) is 6.63. The Kier molecular flexibility index (Phi) is 4.45. The average Bonchev–Trinajstić information content (AvgIpc) is 2.18. The van der Waals surface area contributed by atoms with Gasteiger partial charge in [0.25, 0.3) is 0 Å². The van der Waals surface area contributed by atoms with Crippen LogP contribution in [0, 0.1) is 0 Å². The molecule has 1 aromatic rings. The van der Waals surface area contributed by atoms with E-state index in [-0.39, 0.29) is 11.4 Å². The maximum Gasteiger partial charge on any atom is 0.0631 e. The Labute approximate surface area is 89.5 Å². The highest BCUT2D eigenvalue weighted by molar-refractivity contribution is 8.00. The molecule has 3 heteroatoms. The molecule has 3 N–H and O–H groups in total. The summed E-state index contributed by atoms with van der Waals surface area (Å²) in [6.45, 7) is 4.40. The Bertz CT molecular complexity index is 288. The van der Waals surface area contributed by atoms with Gasteiger partial charge in [-0.1, -0.05) is 19.1 Å². The number of aliphatic hydroxyl groups is 1. The summed E-state index contributed by atoms with van der Waals surface area (Å²) in [7, 11) is 0. The van der Waals surface area contributed by atoms with E-state index >= 15 is 0 Å². The molecule has 0 amide bonds. The van der Waals surface area contributed by atoms with Crippen LogP contribution >= 0.6 is 11.8 Å². The lowest BCUT2D eigenvalue weighted by Crippen LogP contribution is -2.14. The molecule has 2 atom stereocenters. The van der Waals surface area contributed by atoms with Crippen molar-refractivity contribution in [3.63, 3.8) is 0 Å². The maximum absolute atomic E-state index is 9.36. The smallest absolute Gasteiger partial charge is 0.0631 e. The molecule has 0 heterocycles. The Hall–Kier alpha value is -0.510. The maximum atomic E-state index is 9.36. The fourth-order valence-electron chi connectivity index (χ4n) is 1.06. The van der Waals surface area contributed by atoms with Gasteiger partial charge in [-0.2, -0.15) is 0 Å². The van der Waals surface area contributed by atoms with Crippen LogP contribution in [0.5, 0.6) is 0 Å². The Morgan fingerprint density at radius 2 is 2.14 bits per heavy atom. The lowest BCUT2D eigenvalue weighted by Gasteiger charge is -2.14. The number of hydrogen-bond acceptors (Lipinski definition) is 3. The van der Waals surface area contributed by atoms with Gasteiger partial charge in [0.05, 0.1) is 6.10 Å². The number of nitrogens with two attached hydrogens (primary N) is 1. The molecule has 1 aromatic carbocycles. The lowest BCUT2D eigenvalue weighted by molar-refractivity contribution is 0.196. The second kappa shape index (κ2) is 5.39. The van der Waals surface area contributed by atoms with Crippen molar-refractivity contribution in [2.75, 3.05) is 0 Å². The van der Waals surface area contributed by atoms with Crippen LogP contribution in [-0.2, 0) is 6.54 Å². The molecule has 1 rings (SSSR count). The van der Waals surface area contributed by atoms with E-state index < -0.39 is 0 Å². The predicted molar refractivity (Wildman–Crippen MR) is 61.3 cm³/mol. The molecule has 78 valence electrons. The molecule has 0 radical (unpaired) electrons. The van der Waals surface area contributed by atoms with Gasteiger partial charge in [0.2, 0.25) is 0 Å². The fourth-order valence-corrected chi connectivity index (χ4v) is 2.06. The van der Waals surface area contributed by atoms with Crippen LogP contribution in [0.2, 0.25) is 0 Å². The minimum absolute atomic E-state index is 0.211. The SMILES string of the molecule is CC(O)C(C)Sc1cccc(CN)c1. The molecule has 2 nitrogen and oxygen atoms in total. The van der Waals surface area contributed by atoms with Crippen LogP contribution in [0.1, 0.15) is 19.4 Å². The molecule has 0 saturated heterocycles. The molecule has 14 heavy (non-hydrogen) atoms. The monoisotopic (exact) mass is 211 g/mol. The molecule has 0 fully saturated rings. The van der Waals surface area contributed by atoms with Crippen LogP contribution in [0.3, 0.4) is 0 Å². The van der Waals surface area contributed by atoms with E-state index in [2.05, 4.69) is 6.07 Å². The van der Waals surface area contributed by atoms with Gasteiger partial charge in [-0.15, -0.1) is 11.8 Å². The highest BCUT2D eigenvalue weighted by atomic mass is 32.2. The van der Waals surface area contributed by atoms with Crippen molar-refractivity contribution < 1.29 is 5.11 Å². The van der Waals surface area contributed by atoms with Crippen LogP contribution in [0.25, 0.3) is 0 Å². The largest absolute Gasteiger partial charge is 0.392 e. The summed E-state index contributed by atoms with van der Waals surface area (Å²) >= 11 is 1.68. The molecule has 0 saturated carbocycles. The summed E-state index contributed by atoms with van der Waals surface area (Å²) in [5.41, 5.74) is 6.68. The van der Waals surface area contributed by atoms with Gasteiger partial charge in [0.1, 0.15) is 0 Å². The lowest BCUT2D eigenvalue weighted by atomic mass is 10.2. The summed E-state index contributed by atoms with van der Waals surface area (Å²) < 4.78 is 0. The first-order valence-corrected chi connectivity index (χ1v) is 5.65. The summed E-state index contributed by atoms with van der Waals surface area (Å²) in [5.74, 6) is 0. The number of aliphatic hydroxyl groups excluding tert-OH is 1. The molecule has 0 aromatic heterocycles. The van der Waals surface area contributed by atoms with E-state index in [0.29, 0.717) is 6.54 Å². The van der Waals surface area contributed by atoms with Gasteiger partial charge in [0, 0.05) is 16.7 Å². The van der Waals surface area contributed by atoms with Crippen molar-refractivity contribution in [3.8, 4) is 0 Å². The zero-order valence-corrected chi connectivity index (χ0v) is 9.42. The van der Waals surface area contributed by atoms with Crippen LogP contribution in [0.15, 0.2) is 29.2 Å². The molecular formula is C11H17NOS. The molecule has 0 aliphatic rings. The first-order valence-electron chi connectivity index (χ1n) is 4.77.